The van der Waals surface area contributed by atoms with E-state index >= 15 is 0 Å². The van der Waals surface area contributed by atoms with Crippen LogP contribution in [0.4, 0.5) is 0 Å². The van der Waals surface area contributed by atoms with Crippen molar-refractivity contribution < 1.29 is 19.4 Å². The lowest BCUT2D eigenvalue weighted by atomic mass is 9.90. The third-order valence-electron chi connectivity index (χ3n) is 3.75. The molecule has 0 aromatic rings. The van der Waals surface area contributed by atoms with Crippen LogP contribution in [-0.4, -0.2) is 29.1 Å². The van der Waals surface area contributed by atoms with Crippen molar-refractivity contribution in [3.8, 4) is 0 Å². The molecule has 2 aliphatic rings. The maximum absolute atomic E-state index is 11.6. The zero-order chi connectivity index (χ0) is 11.9. The van der Waals surface area contributed by atoms with Crippen molar-refractivity contribution in [3.05, 3.63) is 11.1 Å². The van der Waals surface area contributed by atoms with Crippen molar-refractivity contribution in [2.45, 2.75) is 38.7 Å². The molecule has 1 fully saturated rings. The fourth-order valence-corrected chi connectivity index (χ4v) is 2.73. The number of Topliss-reactive ketones (excluding diaryl/α,β-unsaturated/α-hetero) is 1. The summed E-state index contributed by atoms with van der Waals surface area (Å²) in [4.78, 5) is 23.2. The quantitative estimate of drug-likeness (QED) is 0.710. The Morgan fingerprint density at radius 3 is 2.88 bits per heavy atom. The lowest BCUT2D eigenvalue weighted by molar-refractivity contribution is -0.138. The fourth-order valence-electron chi connectivity index (χ4n) is 2.73. The SMILES string of the molecule is CCOC(=O)C1=C(C)[C@]2(O)CCC(=O)[C@@H]2C1. The molecule has 1 saturated carbocycles. The molecule has 0 bridgehead atoms. The molecule has 16 heavy (non-hydrogen) atoms. The number of hydrogen-bond donors (Lipinski definition) is 1. The first-order valence-electron chi connectivity index (χ1n) is 5.63. The average Bonchev–Trinajstić information content (AvgIpc) is 2.66. The Morgan fingerprint density at radius 2 is 2.31 bits per heavy atom. The first-order chi connectivity index (χ1) is 7.50. The summed E-state index contributed by atoms with van der Waals surface area (Å²) in [6, 6.07) is 0. The van der Waals surface area contributed by atoms with Gasteiger partial charge in [0, 0.05) is 12.0 Å². The number of rotatable bonds is 2. The van der Waals surface area contributed by atoms with Crippen molar-refractivity contribution in [2.24, 2.45) is 5.92 Å². The van der Waals surface area contributed by atoms with Crippen molar-refractivity contribution >= 4 is 11.8 Å². The van der Waals surface area contributed by atoms with Crippen LogP contribution in [0, 0.1) is 5.92 Å². The summed E-state index contributed by atoms with van der Waals surface area (Å²) >= 11 is 0. The highest BCUT2D eigenvalue weighted by Crippen LogP contribution is 2.48. The van der Waals surface area contributed by atoms with Gasteiger partial charge in [0.15, 0.2) is 0 Å². The van der Waals surface area contributed by atoms with E-state index in [-0.39, 0.29) is 5.78 Å². The summed E-state index contributed by atoms with van der Waals surface area (Å²) in [5, 5.41) is 10.4. The van der Waals surface area contributed by atoms with Gasteiger partial charge < -0.3 is 9.84 Å². The molecule has 0 unspecified atom stereocenters. The van der Waals surface area contributed by atoms with Crippen molar-refractivity contribution in [2.75, 3.05) is 6.61 Å². The summed E-state index contributed by atoms with van der Waals surface area (Å²) in [6.45, 7) is 3.78. The van der Waals surface area contributed by atoms with E-state index < -0.39 is 17.5 Å². The number of hydrogen-bond acceptors (Lipinski definition) is 4. The molecule has 0 radical (unpaired) electrons. The second-order valence-corrected chi connectivity index (χ2v) is 4.47. The highest BCUT2D eigenvalue weighted by Gasteiger charge is 2.54. The Balaban J connectivity index is 2.30. The third-order valence-corrected chi connectivity index (χ3v) is 3.75. The fraction of sp³-hybridized carbons (Fsp3) is 0.667. The standard InChI is InChI=1S/C12H16O4/c1-3-16-11(14)8-6-9-10(13)4-5-12(9,15)7(8)2/h9,15H,3-6H2,1-2H3/t9-,12+/m0/s1. The van der Waals surface area contributed by atoms with Gasteiger partial charge in [-0.3, -0.25) is 4.79 Å². The molecule has 2 atom stereocenters. The number of aliphatic hydroxyl groups is 1. The second-order valence-electron chi connectivity index (χ2n) is 4.47. The molecular weight excluding hydrogens is 208 g/mol. The predicted molar refractivity (Wildman–Crippen MR) is 56.6 cm³/mol. The Kier molecular flexibility index (Phi) is 2.62. The molecule has 0 saturated heterocycles. The Bertz CT molecular complexity index is 382. The molecule has 2 aliphatic carbocycles. The molecular formula is C12H16O4. The van der Waals surface area contributed by atoms with Crippen molar-refractivity contribution in [3.63, 3.8) is 0 Å². The molecule has 0 aromatic carbocycles. The predicted octanol–water partition coefficient (Wildman–Crippen LogP) is 0.980. The van der Waals surface area contributed by atoms with Crippen LogP contribution < -0.4 is 0 Å². The van der Waals surface area contributed by atoms with E-state index in [0.717, 1.165) is 0 Å². The molecule has 1 N–H and O–H groups in total. The summed E-state index contributed by atoms with van der Waals surface area (Å²) in [7, 11) is 0. The molecule has 0 amide bonds. The van der Waals surface area contributed by atoms with Crippen LogP contribution in [0.25, 0.3) is 0 Å². The number of ether oxygens (including phenoxy) is 1. The van der Waals surface area contributed by atoms with Gasteiger partial charge in [0.05, 0.1) is 18.1 Å². The minimum atomic E-state index is -1.08. The smallest absolute Gasteiger partial charge is 0.334 e. The van der Waals surface area contributed by atoms with Crippen molar-refractivity contribution in [1.82, 2.24) is 0 Å². The Morgan fingerprint density at radius 1 is 1.62 bits per heavy atom. The highest BCUT2D eigenvalue weighted by molar-refractivity contribution is 5.95. The van der Waals surface area contributed by atoms with Gasteiger partial charge in [-0.25, -0.2) is 4.79 Å². The van der Waals surface area contributed by atoms with E-state index in [0.29, 0.717) is 37.0 Å². The first kappa shape index (κ1) is 11.3. The Hall–Kier alpha value is -1.16. The monoisotopic (exact) mass is 224 g/mol. The van der Waals surface area contributed by atoms with E-state index in [1.54, 1.807) is 13.8 Å². The van der Waals surface area contributed by atoms with Gasteiger partial charge in [0.25, 0.3) is 0 Å². The van der Waals surface area contributed by atoms with Gasteiger partial charge in [-0.05, 0) is 32.3 Å². The lowest BCUT2D eigenvalue weighted by Crippen LogP contribution is -2.32. The van der Waals surface area contributed by atoms with E-state index in [4.69, 9.17) is 4.74 Å². The molecule has 0 spiro atoms. The molecule has 4 heteroatoms. The number of carbonyl (C=O) groups is 2. The highest BCUT2D eigenvalue weighted by atomic mass is 16.5. The van der Waals surface area contributed by atoms with E-state index in [9.17, 15) is 14.7 Å². The summed E-state index contributed by atoms with van der Waals surface area (Å²) in [5.74, 6) is -0.760. The molecule has 0 aromatic heterocycles. The average molecular weight is 224 g/mol. The number of fused-ring (bicyclic) bond motifs is 1. The van der Waals surface area contributed by atoms with Crippen LogP contribution in [0.1, 0.15) is 33.1 Å². The minimum Gasteiger partial charge on any atom is -0.463 e. The number of esters is 1. The van der Waals surface area contributed by atoms with Crippen LogP contribution in [-0.2, 0) is 14.3 Å². The van der Waals surface area contributed by atoms with Gasteiger partial charge >= 0.3 is 5.97 Å². The van der Waals surface area contributed by atoms with E-state index in [2.05, 4.69) is 0 Å². The first-order valence-corrected chi connectivity index (χ1v) is 5.63. The molecule has 88 valence electrons. The van der Waals surface area contributed by atoms with Crippen LogP contribution in [0.5, 0.6) is 0 Å². The van der Waals surface area contributed by atoms with Crippen LogP contribution >= 0.6 is 0 Å². The maximum atomic E-state index is 11.6. The van der Waals surface area contributed by atoms with Gasteiger partial charge in [-0.2, -0.15) is 0 Å². The summed E-state index contributed by atoms with van der Waals surface area (Å²) < 4.78 is 4.92. The Labute approximate surface area is 94.3 Å². The summed E-state index contributed by atoms with van der Waals surface area (Å²) in [6.07, 6.45) is 1.18. The van der Waals surface area contributed by atoms with Gasteiger partial charge in [-0.15, -0.1) is 0 Å². The zero-order valence-electron chi connectivity index (χ0n) is 9.58. The third kappa shape index (κ3) is 1.40. The lowest BCUT2D eigenvalue weighted by Gasteiger charge is -2.23. The van der Waals surface area contributed by atoms with E-state index in [1.165, 1.54) is 0 Å². The van der Waals surface area contributed by atoms with Crippen LogP contribution in [0.3, 0.4) is 0 Å². The van der Waals surface area contributed by atoms with Crippen LogP contribution in [0.2, 0.25) is 0 Å². The maximum Gasteiger partial charge on any atom is 0.334 e. The van der Waals surface area contributed by atoms with Gasteiger partial charge in [0.1, 0.15) is 5.78 Å². The molecule has 4 nitrogen and oxygen atoms in total. The largest absolute Gasteiger partial charge is 0.463 e. The van der Waals surface area contributed by atoms with Crippen LogP contribution in [0.15, 0.2) is 11.1 Å². The molecule has 2 rings (SSSR count). The second kappa shape index (κ2) is 3.70. The number of carbonyl (C=O) groups excluding carboxylic acids is 2. The normalized spacial score (nSPS) is 33.2. The van der Waals surface area contributed by atoms with Gasteiger partial charge in [0.2, 0.25) is 0 Å². The minimum absolute atomic E-state index is 0.0566. The topological polar surface area (TPSA) is 63.6 Å². The van der Waals surface area contributed by atoms with Gasteiger partial charge in [-0.1, -0.05) is 0 Å². The molecule has 0 aliphatic heterocycles. The molecule has 0 heterocycles. The van der Waals surface area contributed by atoms with Crippen molar-refractivity contribution in [1.29, 1.82) is 0 Å². The van der Waals surface area contributed by atoms with E-state index in [1.807, 2.05) is 0 Å². The zero-order valence-corrected chi connectivity index (χ0v) is 9.58. The summed E-state index contributed by atoms with van der Waals surface area (Å²) in [5.41, 5.74) is 0.0309. The number of ketones is 1.